The largest absolute Gasteiger partial charge is 0.397 e. The molecule has 1 aliphatic rings. The molecule has 0 radical (unpaired) electrons. The molecular weight excluding hydrogens is 352 g/mol. The van der Waals surface area contributed by atoms with E-state index in [1.54, 1.807) is 6.33 Å². The lowest BCUT2D eigenvalue weighted by atomic mass is 10.0. The number of fused-ring (bicyclic) bond motifs is 1. The molecule has 5 rings (SSSR count). The third-order valence-corrected chi connectivity index (χ3v) is 5.49. The van der Waals surface area contributed by atoms with Crippen molar-refractivity contribution >= 4 is 22.4 Å². The SMILES string of the molecule is CC1CCCCN1c1ccc(-c2nc(-c3ccc4[nH]cnc4c3)no2)cc1N. The van der Waals surface area contributed by atoms with E-state index in [-0.39, 0.29) is 0 Å². The Hall–Kier alpha value is -3.35. The molecule has 142 valence electrons. The summed E-state index contributed by atoms with van der Waals surface area (Å²) in [5.74, 6) is 0.995. The van der Waals surface area contributed by atoms with Gasteiger partial charge in [0.15, 0.2) is 0 Å². The first-order chi connectivity index (χ1) is 13.7. The fourth-order valence-corrected chi connectivity index (χ4v) is 3.93. The number of nitrogens with two attached hydrogens (primary N) is 1. The summed E-state index contributed by atoms with van der Waals surface area (Å²) >= 11 is 0. The van der Waals surface area contributed by atoms with Crippen LogP contribution in [0.25, 0.3) is 33.9 Å². The lowest BCUT2D eigenvalue weighted by Gasteiger charge is -2.36. The number of aromatic nitrogens is 4. The average molecular weight is 374 g/mol. The van der Waals surface area contributed by atoms with Crippen LogP contribution in [0.3, 0.4) is 0 Å². The topological polar surface area (TPSA) is 96.9 Å². The molecule has 0 spiro atoms. The van der Waals surface area contributed by atoms with Gasteiger partial charge in [-0.1, -0.05) is 5.16 Å². The van der Waals surface area contributed by atoms with E-state index in [1.165, 1.54) is 19.3 Å². The fourth-order valence-electron chi connectivity index (χ4n) is 3.93. The molecule has 0 bridgehead atoms. The summed E-state index contributed by atoms with van der Waals surface area (Å²) in [7, 11) is 0. The van der Waals surface area contributed by atoms with Crippen molar-refractivity contribution in [1.82, 2.24) is 20.1 Å². The highest BCUT2D eigenvalue weighted by atomic mass is 16.5. The Labute approximate surface area is 162 Å². The number of piperidine rings is 1. The lowest BCUT2D eigenvalue weighted by molar-refractivity contribution is 0.432. The number of rotatable bonds is 3. The molecule has 3 N–H and O–H groups in total. The summed E-state index contributed by atoms with van der Waals surface area (Å²) in [5, 5.41) is 4.13. The molecule has 1 fully saturated rings. The summed E-state index contributed by atoms with van der Waals surface area (Å²) < 4.78 is 5.50. The zero-order valence-electron chi connectivity index (χ0n) is 15.7. The zero-order valence-corrected chi connectivity index (χ0v) is 15.7. The van der Waals surface area contributed by atoms with Crippen molar-refractivity contribution < 1.29 is 4.52 Å². The molecule has 1 unspecified atom stereocenters. The highest BCUT2D eigenvalue weighted by Gasteiger charge is 2.21. The van der Waals surface area contributed by atoms with Crippen molar-refractivity contribution in [2.45, 2.75) is 32.2 Å². The number of nitrogen functional groups attached to an aromatic ring is 1. The fraction of sp³-hybridized carbons (Fsp3) is 0.286. The van der Waals surface area contributed by atoms with E-state index in [1.807, 2.05) is 30.3 Å². The molecule has 28 heavy (non-hydrogen) atoms. The van der Waals surface area contributed by atoms with Crippen molar-refractivity contribution in [2.75, 3.05) is 17.2 Å². The predicted octanol–water partition coefficient (Wildman–Crippen LogP) is 4.24. The third-order valence-electron chi connectivity index (χ3n) is 5.49. The molecule has 2 aromatic heterocycles. The van der Waals surface area contributed by atoms with Crippen LogP contribution in [0, 0.1) is 0 Å². The van der Waals surface area contributed by atoms with E-state index in [0.29, 0.717) is 17.8 Å². The highest BCUT2D eigenvalue weighted by molar-refractivity contribution is 5.80. The maximum absolute atomic E-state index is 6.38. The van der Waals surface area contributed by atoms with Crippen molar-refractivity contribution in [3.63, 3.8) is 0 Å². The van der Waals surface area contributed by atoms with Crippen molar-refractivity contribution in [3.8, 4) is 22.8 Å². The molecule has 4 aromatic rings. The number of nitrogens with one attached hydrogen (secondary N) is 1. The van der Waals surface area contributed by atoms with E-state index in [0.717, 1.165) is 40.1 Å². The van der Waals surface area contributed by atoms with Gasteiger partial charge < -0.3 is 20.1 Å². The van der Waals surface area contributed by atoms with Gasteiger partial charge in [0.25, 0.3) is 5.89 Å². The molecule has 0 aliphatic carbocycles. The number of hydrogen-bond acceptors (Lipinski definition) is 6. The van der Waals surface area contributed by atoms with E-state index in [2.05, 4.69) is 38.0 Å². The number of benzene rings is 2. The van der Waals surface area contributed by atoms with E-state index < -0.39 is 0 Å². The van der Waals surface area contributed by atoms with Gasteiger partial charge in [-0.2, -0.15) is 4.98 Å². The van der Waals surface area contributed by atoms with Gasteiger partial charge in [-0.3, -0.25) is 0 Å². The summed E-state index contributed by atoms with van der Waals surface area (Å²) in [6.45, 7) is 3.30. The van der Waals surface area contributed by atoms with Gasteiger partial charge in [0.2, 0.25) is 5.82 Å². The maximum Gasteiger partial charge on any atom is 0.258 e. The molecule has 3 heterocycles. The van der Waals surface area contributed by atoms with Gasteiger partial charge in [0, 0.05) is 23.7 Å². The van der Waals surface area contributed by atoms with Crippen LogP contribution in [0.15, 0.2) is 47.2 Å². The number of aromatic amines is 1. The zero-order chi connectivity index (χ0) is 19.1. The second-order valence-electron chi connectivity index (χ2n) is 7.37. The molecule has 2 aromatic carbocycles. The first-order valence-electron chi connectivity index (χ1n) is 9.63. The van der Waals surface area contributed by atoms with Crippen molar-refractivity contribution in [2.24, 2.45) is 0 Å². The summed E-state index contributed by atoms with van der Waals surface area (Å²) in [5.41, 5.74) is 11.7. The summed E-state index contributed by atoms with van der Waals surface area (Å²) in [4.78, 5) is 14.3. The Kier molecular flexibility index (Phi) is 4.00. The van der Waals surface area contributed by atoms with Gasteiger partial charge >= 0.3 is 0 Å². The Morgan fingerprint density at radius 3 is 2.89 bits per heavy atom. The predicted molar refractivity (Wildman–Crippen MR) is 110 cm³/mol. The van der Waals surface area contributed by atoms with Gasteiger partial charge in [-0.05, 0) is 62.6 Å². The molecule has 7 nitrogen and oxygen atoms in total. The van der Waals surface area contributed by atoms with Crippen LogP contribution < -0.4 is 10.6 Å². The third kappa shape index (κ3) is 2.89. The second-order valence-corrected chi connectivity index (χ2v) is 7.37. The average Bonchev–Trinajstić information content (AvgIpc) is 3.37. The number of H-pyrrole nitrogens is 1. The molecule has 1 aliphatic heterocycles. The van der Waals surface area contributed by atoms with Crippen LogP contribution in [0.1, 0.15) is 26.2 Å². The normalized spacial score (nSPS) is 17.3. The lowest BCUT2D eigenvalue weighted by Crippen LogP contribution is -2.37. The Bertz CT molecular complexity index is 1130. The van der Waals surface area contributed by atoms with E-state index in [9.17, 15) is 0 Å². The number of nitrogens with zero attached hydrogens (tertiary/aromatic N) is 4. The smallest absolute Gasteiger partial charge is 0.258 e. The van der Waals surface area contributed by atoms with E-state index >= 15 is 0 Å². The second kappa shape index (κ2) is 6.67. The van der Waals surface area contributed by atoms with Crippen LogP contribution in [-0.4, -0.2) is 32.7 Å². The van der Waals surface area contributed by atoms with Crippen LogP contribution in [0.5, 0.6) is 0 Å². The molecule has 0 amide bonds. The van der Waals surface area contributed by atoms with Gasteiger partial charge in [-0.15, -0.1) is 0 Å². The summed E-state index contributed by atoms with van der Waals surface area (Å²) in [6.07, 6.45) is 5.36. The van der Waals surface area contributed by atoms with Gasteiger partial charge in [0.1, 0.15) is 0 Å². The van der Waals surface area contributed by atoms with Crippen molar-refractivity contribution in [3.05, 3.63) is 42.7 Å². The quantitative estimate of drug-likeness (QED) is 0.521. The molecule has 7 heteroatoms. The van der Waals surface area contributed by atoms with E-state index in [4.69, 9.17) is 10.3 Å². The minimum atomic E-state index is 0.460. The molecule has 1 atom stereocenters. The molecule has 0 saturated carbocycles. The molecular formula is C21H22N6O. The van der Waals surface area contributed by atoms with Crippen LogP contribution in [-0.2, 0) is 0 Å². The minimum absolute atomic E-state index is 0.460. The van der Waals surface area contributed by atoms with Gasteiger partial charge in [0.05, 0.1) is 28.7 Å². The first kappa shape index (κ1) is 16.8. The number of anilines is 2. The monoisotopic (exact) mass is 374 g/mol. The van der Waals surface area contributed by atoms with Crippen LogP contribution >= 0.6 is 0 Å². The summed E-state index contributed by atoms with van der Waals surface area (Å²) in [6, 6.07) is 12.3. The van der Waals surface area contributed by atoms with Crippen LogP contribution in [0.2, 0.25) is 0 Å². The first-order valence-corrected chi connectivity index (χ1v) is 9.63. The Morgan fingerprint density at radius 2 is 2.04 bits per heavy atom. The minimum Gasteiger partial charge on any atom is -0.397 e. The molecule has 1 saturated heterocycles. The number of hydrogen-bond donors (Lipinski definition) is 2. The highest BCUT2D eigenvalue weighted by Crippen LogP contribution is 2.33. The van der Waals surface area contributed by atoms with Gasteiger partial charge in [-0.25, -0.2) is 4.98 Å². The Morgan fingerprint density at radius 1 is 1.14 bits per heavy atom. The maximum atomic E-state index is 6.38. The number of imidazole rings is 1. The Balaban J connectivity index is 1.44. The standard InChI is InChI=1S/C21H22N6O/c1-13-4-2-3-9-27(13)19-8-6-15(10-16(19)22)21-25-20(26-28-21)14-5-7-17-18(11-14)24-12-23-17/h5-8,10-13H,2-4,9,22H2,1H3,(H,23,24). The van der Waals surface area contributed by atoms with Crippen molar-refractivity contribution in [1.29, 1.82) is 0 Å². The van der Waals surface area contributed by atoms with Crippen LogP contribution in [0.4, 0.5) is 11.4 Å².